The third-order valence-corrected chi connectivity index (χ3v) is 7.89. The van der Waals surface area contributed by atoms with Gasteiger partial charge < -0.3 is 5.73 Å². The summed E-state index contributed by atoms with van der Waals surface area (Å²) in [5, 5.41) is 1.93. The Hall–Kier alpha value is -2.05. The lowest BCUT2D eigenvalue weighted by atomic mass is 9.88. The summed E-state index contributed by atoms with van der Waals surface area (Å²) in [5.74, 6) is -3.19. The Kier molecular flexibility index (Phi) is 7.01. The largest absolute Gasteiger partial charge is 0.316 e. The van der Waals surface area contributed by atoms with Crippen LogP contribution in [-0.2, 0) is 25.8 Å². The second kappa shape index (κ2) is 8.76. The average Bonchev–Trinajstić information content (AvgIpc) is 2.64. The molecule has 0 heterocycles. The minimum Gasteiger partial charge on any atom is -0.316 e. The van der Waals surface area contributed by atoms with Gasteiger partial charge in [0.15, 0.2) is 9.84 Å². The summed E-state index contributed by atoms with van der Waals surface area (Å²) >= 11 is 0. The maximum absolute atomic E-state index is 13.0. The van der Waals surface area contributed by atoms with Crippen LogP contribution in [0.2, 0.25) is 0 Å². The first-order chi connectivity index (χ1) is 13.3. The standard InChI is InChI=1S/C23H30NO4S/c1-15(2)20(24)22(26)21(25)18(14-29(27,28)23(3,4)5)13-17-11-8-10-16-9-6-7-12-19(16)17/h6-12,15,18H,13-14,24H2,1-5H3/t18-/m1/s1. The highest BCUT2D eigenvalue weighted by Crippen LogP contribution is 2.26. The number of rotatable bonds is 8. The van der Waals surface area contributed by atoms with Crippen molar-refractivity contribution in [3.63, 3.8) is 0 Å². The van der Waals surface area contributed by atoms with Crippen LogP contribution in [0.3, 0.4) is 0 Å². The molecule has 0 spiro atoms. The minimum atomic E-state index is -3.62. The van der Waals surface area contributed by atoms with E-state index in [-0.39, 0.29) is 18.4 Å². The number of benzene rings is 2. The lowest BCUT2D eigenvalue weighted by molar-refractivity contribution is -0.137. The summed E-state index contributed by atoms with van der Waals surface area (Å²) in [6.07, 6.45) is 0.159. The Balaban J connectivity index is 2.46. The average molecular weight is 417 g/mol. The van der Waals surface area contributed by atoms with Gasteiger partial charge in [-0.05, 0) is 49.4 Å². The lowest BCUT2D eigenvalue weighted by Crippen LogP contribution is -2.41. The van der Waals surface area contributed by atoms with Gasteiger partial charge in [0.2, 0.25) is 11.6 Å². The van der Waals surface area contributed by atoms with E-state index in [2.05, 4.69) is 0 Å². The van der Waals surface area contributed by atoms with Gasteiger partial charge in [-0.15, -0.1) is 0 Å². The van der Waals surface area contributed by atoms with Crippen LogP contribution >= 0.6 is 0 Å². The molecule has 0 amide bonds. The van der Waals surface area contributed by atoms with Crippen molar-refractivity contribution in [2.45, 2.75) is 45.8 Å². The molecule has 6 heteroatoms. The molecule has 0 aliphatic carbocycles. The van der Waals surface area contributed by atoms with Gasteiger partial charge in [-0.2, -0.15) is 0 Å². The molecule has 1 radical (unpaired) electrons. The van der Waals surface area contributed by atoms with Gasteiger partial charge in [-0.25, -0.2) is 8.42 Å². The third kappa shape index (κ3) is 5.31. The molecule has 0 unspecified atom stereocenters. The Morgan fingerprint density at radius 1 is 1.00 bits per heavy atom. The van der Waals surface area contributed by atoms with E-state index in [4.69, 9.17) is 5.73 Å². The molecule has 29 heavy (non-hydrogen) atoms. The van der Waals surface area contributed by atoms with Crippen LogP contribution in [0.15, 0.2) is 42.5 Å². The van der Waals surface area contributed by atoms with Gasteiger partial charge in [-0.1, -0.05) is 56.3 Å². The van der Waals surface area contributed by atoms with Crippen LogP contribution in [0.4, 0.5) is 0 Å². The van der Waals surface area contributed by atoms with Gasteiger partial charge in [0.1, 0.15) is 6.04 Å². The number of sulfone groups is 1. The maximum Gasteiger partial charge on any atom is 0.221 e. The predicted molar refractivity (Wildman–Crippen MR) is 117 cm³/mol. The van der Waals surface area contributed by atoms with E-state index in [1.807, 2.05) is 42.5 Å². The molecule has 157 valence electrons. The van der Waals surface area contributed by atoms with Gasteiger partial charge in [0.05, 0.1) is 10.5 Å². The number of carbonyl (C=O) groups excluding carboxylic acids is 2. The molecule has 2 aromatic rings. The summed E-state index contributed by atoms with van der Waals surface area (Å²) in [5.41, 5.74) is 6.66. The summed E-state index contributed by atoms with van der Waals surface area (Å²) in [4.78, 5) is 25.6. The van der Waals surface area contributed by atoms with Gasteiger partial charge in [-0.3, -0.25) is 9.59 Å². The summed E-state index contributed by atoms with van der Waals surface area (Å²) in [6, 6.07) is 13.4. The van der Waals surface area contributed by atoms with Crippen molar-refractivity contribution in [1.29, 1.82) is 0 Å². The van der Waals surface area contributed by atoms with Gasteiger partial charge >= 0.3 is 0 Å². The Bertz CT molecular complexity index is 998. The molecule has 0 saturated carbocycles. The Morgan fingerprint density at radius 3 is 2.17 bits per heavy atom. The van der Waals surface area contributed by atoms with Crippen molar-refractivity contribution in [1.82, 2.24) is 0 Å². The number of carbonyl (C=O) groups is 2. The highest BCUT2D eigenvalue weighted by atomic mass is 32.2. The molecule has 2 N–H and O–H groups in total. The van der Waals surface area contributed by atoms with E-state index in [1.165, 1.54) is 0 Å². The van der Waals surface area contributed by atoms with Crippen LogP contribution < -0.4 is 5.73 Å². The number of fused-ring (bicyclic) bond motifs is 1. The molecule has 0 aliphatic heterocycles. The van der Waals surface area contributed by atoms with E-state index in [0.717, 1.165) is 16.3 Å². The second-order valence-electron chi connectivity index (χ2n) is 8.74. The van der Waals surface area contributed by atoms with Crippen LogP contribution in [0, 0.1) is 17.9 Å². The lowest BCUT2D eigenvalue weighted by Gasteiger charge is -2.24. The fourth-order valence-electron chi connectivity index (χ4n) is 3.07. The van der Waals surface area contributed by atoms with E-state index in [9.17, 15) is 18.0 Å². The van der Waals surface area contributed by atoms with Crippen molar-refractivity contribution in [3.8, 4) is 0 Å². The molecule has 0 aliphatic rings. The molecule has 1 atom stereocenters. The van der Waals surface area contributed by atoms with Crippen LogP contribution in [0.5, 0.6) is 0 Å². The fraction of sp³-hybridized carbons (Fsp3) is 0.435. The zero-order valence-corrected chi connectivity index (χ0v) is 18.5. The molecule has 0 bridgehead atoms. The molecule has 5 nitrogen and oxygen atoms in total. The van der Waals surface area contributed by atoms with Crippen molar-refractivity contribution >= 4 is 32.2 Å². The van der Waals surface area contributed by atoms with Crippen LogP contribution in [0.25, 0.3) is 10.8 Å². The first kappa shape index (κ1) is 23.2. The highest BCUT2D eigenvalue weighted by molar-refractivity contribution is 7.92. The van der Waals surface area contributed by atoms with Crippen LogP contribution in [0.1, 0.15) is 40.2 Å². The summed E-state index contributed by atoms with van der Waals surface area (Å²) in [6.45, 7) is 8.24. The van der Waals surface area contributed by atoms with Crippen molar-refractivity contribution in [2.24, 2.45) is 17.6 Å². The van der Waals surface area contributed by atoms with Gasteiger partial charge in [0.25, 0.3) is 0 Å². The van der Waals surface area contributed by atoms with Crippen molar-refractivity contribution in [3.05, 3.63) is 54.1 Å². The zero-order chi connectivity index (χ0) is 22.0. The van der Waals surface area contributed by atoms with Gasteiger partial charge in [0, 0.05) is 5.92 Å². The first-order valence-corrected chi connectivity index (χ1v) is 11.4. The normalized spacial score (nSPS) is 13.8. The highest BCUT2D eigenvalue weighted by Gasteiger charge is 2.38. The van der Waals surface area contributed by atoms with E-state index < -0.39 is 37.8 Å². The molecular formula is C23H30NO4S. The molecule has 0 aromatic heterocycles. The number of Topliss-reactive ketones (excluding diaryl/α,β-unsaturated/α-hetero) is 2. The molecule has 2 aromatic carbocycles. The number of hydrogen-bond donors (Lipinski definition) is 1. The smallest absolute Gasteiger partial charge is 0.221 e. The van der Waals surface area contributed by atoms with E-state index in [0.29, 0.717) is 0 Å². The molecular weight excluding hydrogens is 386 g/mol. The second-order valence-corrected chi connectivity index (χ2v) is 11.5. The Morgan fingerprint density at radius 2 is 1.59 bits per heavy atom. The Labute approximate surface area is 173 Å². The molecule has 0 saturated heterocycles. The zero-order valence-electron chi connectivity index (χ0n) is 17.7. The minimum absolute atomic E-state index is 0.0360. The van der Waals surface area contributed by atoms with Crippen molar-refractivity contribution in [2.75, 3.05) is 5.75 Å². The topological polar surface area (TPSA) is 94.3 Å². The number of hydrogen-bond acceptors (Lipinski definition) is 5. The monoisotopic (exact) mass is 416 g/mol. The summed E-state index contributed by atoms with van der Waals surface area (Å²) in [7, 11) is -3.62. The third-order valence-electron chi connectivity index (χ3n) is 5.18. The number of ketones is 2. The molecule has 0 fully saturated rings. The number of nitrogens with two attached hydrogens (primary N) is 1. The van der Waals surface area contributed by atoms with Crippen molar-refractivity contribution < 1.29 is 18.0 Å². The van der Waals surface area contributed by atoms with Crippen LogP contribution in [-0.4, -0.2) is 30.5 Å². The van der Waals surface area contributed by atoms with E-state index in [1.54, 1.807) is 34.6 Å². The first-order valence-electron chi connectivity index (χ1n) is 9.75. The SMILES string of the molecule is CC(C)[C](N)C(=O)C(=O)[C@H](Cc1cccc2ccccc12)CS(=O)(=O)C(C)(C)C. The quantitative estimate of drug-likeness (QED) is 0.665. The fourth-order valence-corrected chi connectivity index (χ4v) is 4.37. The summed E-state index contributed by atoms with van der Waals surface area (Å²) < 4.78 is 24.7. The predicted octanol–water partition coefficient (Wildman–Crippen LogP) is 3.50. The molecule has 2 rings (SSSR count). The maximum atomic E-state index is 13.0. The van der Waals surface area contributed by atoms with E-state index >= 15 is 0 Å².